The summed E-state index contributed by atoms with van der Waals surface area (Å²) in [6.45, 7) is 7.48. The van der Waals surface area contributed by atoms with Gasteiger partial charge in [0.25, 0.3) is 0 Å². The fraction of sp³-hybridized carbons (Fsp3) is 0.667. The molecule has 2 bridgehead atoms. The molecule has 0 saturated carbocycles. The molecule has 0 spiro atoms. The number of amides is 1. The number of hydroxylamine groups is 3. The predicted octanol–water partition coefficient (Wildman–Crippen LogP) is 2.06. The second kappa shape index (κ2) is 6.95. The first-order valence-corrected chi connectivity index (χ1v) is 10.1. The van der Waals surface area contributed by atoms with Gasteiger partial charge in [-0.25, -0.2) is 5.21 Å². The van der Waals surface area contributed by atoms with Crippen molar-refractivity contribution < 1.29 is 14.6 Å². The molecule has 4 saturated heterocycles. The van der Waals surface area contributed by atoms with Crippen molar-refractivity contribution in [3.63, 3.8) is 0 Å². The van der Waals surface area contributed by atoms with Gasteiger partial charge in [-0.05, 0) is 23.8 Å². The lowest BCUT2D eigenvalue weighted by molar-refractivity contribution is -1.11. The molecule has 5 nitrogen and oxygen atoms in total. The third-order valence-corrected chi connectivity index (χ3v) is 7.06. The van der Waals surface area contributed by atoms with Crippen LogP contribution in [0.2, 0.25) is 0 Å². The zero-order valence-corrected chi connectivity index (χ0v) is 15.9. The highest BCUT2D eigenvalue weighted by atomic mass is 16.5. The van der Waals surface area contributed by atoms with Gasteiger partial charge < -0.3 is 10.2 Å². The fourth-order valence-corrected chi connectivity index (χ4v) is 5.04. The minimum Gasteiger partial charge on any atom is -0.352 e. The Morgan fingerprint density at radius 3 is 2.77 bits per heavy atom. The second-order valence-corrected chi connectivity index (χ2v) is 8.96. The third-order valence-electron chi connectivity index (χ3n) is 7.06. The molecule has 4 heterocycles. The van der Waals surface area contributed by atoms with Crippen molar-refractivity contribution >= 4 is 5.91 Å². The van der Waals surface area contributed by atoms with Crippen LogP contribution in [0.3, 0.4) is 0 Å². The zero-order chi connectivity index (χ0) is 18.2. The average molecular weight is 359 g/mol. The molecule has 0 aromatic heterocycles. The highest BCUT2D eigenvalue weighted by Gasteiger charge is 2.55. The van der Waals surface area contributed by atoms with Crippen LogP contribution < -0.4 is 5.32 Å². The number of nitrogens with one attached hydrogen (secondary N) is 1. The summed E-state index contributed by atoms with van der Waals surface area (Å²) in [5.74, 6) is 0.117. The number of hydrogen-bond donors (Lipinski definition) is 2. The van der Waals surface area contributed by atoms with E-state index in [2.05, 4.69) is 47.5 Å². The topological polar surface area (TPSA) is 52.6 Å². The molecule has 4 fully saturated rings. The Bertz CT molecular complexity index is 640. The van der Waals surface area contributed by atoms with E-state index in [0.717, 1.165) is 58.4 Å². The smallest absolute Gasteiger partial charge is 0.229 e. The average Bonchev–Trinajstić information content (AvgIpc) is 3.09. The maximum absolute atomic E-state index is 12.9. The molecule has 5 heteroatoms. The van der Waals surface area contributed by atoms with E-state index < -0.39 is 0 Å². The summed E-state index contributed by atoms with van der Waals surface area (Å²) in [4.78, 5) is 15.4. The quantitative estimate of drug-likeness (QED) is 0.792. The van der Waals surface area contributed by atoms with Gasteiger partial charge in [-0.15, -0.1) is 0 Å². The predicted molar refractivity (Wildman–Crippen MR) is 101 cm³/mol. The molecule has 142 valence electrons. The van der Waals surface area contributed by atoms with Crippen molar-refractivity contribution in [3.8, 4) is 0 Å². The number of quaternary nitrogens is 1. The van der Waals surface area contributed by atoms with Gasteiger partial charge in [0.1, 0.15) is 19.6 Å². The number of piperidine rings is 3. The maximum Gasteiger partial charge on any atom is 0.229 e. The monoisotopic (exact) mass is 358 g/mol. The van der Waals surface area contributed by atoms with E-state index in [-0.39, 0.29) is 27.9 Å². The molecule has 1 aromatic carbocycles. The van der Waals surface area contributed by atoms with Crippen LogP contribution in [-0.2, 0) is 11.2 Å². The molecule has 26 heavy (non-hydrogen) atoms. The molecule has 2 N–H and O–H groups in total. The van der Waals surface area contributed by atoms with Crippen LogP contribution in [0.15, 0.2) is 30.3 Å². The van der Waals surface area contributed by atoms with Gasteiger partial charge >= 0.3 is 0 Å². The van der Waals surface area contributed by atoms with E-state index >= 15 is 0 Å². The van der Waals surface area contributed by atoms with Crippen molar-refractivity contribution in [2.45, 2.75) is 38.6 Å². The van der Waals surface area contributed by atoms with Crippen LogP contribution in [0.4, 0.5) is 0 Å². The number of rotatable bonds is 5. The Morgan fingerprint density at radius 2 is 2.04 bits per heavy atom. The molecule has 2 atom stereocenters. The number of hydrogen-bond acceptors (Lipinski definition) is 3. The molecule has 5 rings (SSSR count). The molecular weight excluding hydrogens is 326 g/mol. The minimum absolute atomic E-state index is 0.0478. The second-order valence-electron chi connectivity index (χ2n) is 8.96. The summed E-state index contributed by atoms with van der Waals surface area (Å²) in [6, 6.07) is 10.8. The summed E-state index contributed by atoms with van der Waals surface area (Å²) in [5.41, 5.74) is 1.44. The van der Waals surface area contributed by atoms with E-state index in [1.165, 1.54) is 5.56 Å². The fourth-order valence-electron chi connectivity index (χ4n) is 5.04. The summed E-state index contributed by atoms with van der Waals surface area (Å²) >= 11 is 0. The highest BCUT2D eigenvalue weighted by molar-refractivity contribution is 5.80. The van der Waals surface area contributed by atoms with Gasteiger partial charge in [-0.2, -0.15) is 4.65 Å². The third kappa shape index (κ3) is 3.66. The molecular formula is C21H32N3O2+. The van der Waals surface area contributed by atoms with Crippen LogP contribution in [0.5, 0.6) is 0 Å². The van der Waals surface area contributed by atoms with Gasteiger partial charge in [0, 0.05) is 38.5 Å². The summed E-state index contributed by atoms with van der Waals surface area (Å²) in [7, 11) is 0. The van der Waals surface area contributed by atoms with Crippen molar-refractivity contribution in [1.29, 1.82) is 0 Å². The first kappa shape index (κ1) is 18.0. The van der Waals surface area contributed by atoms with Crippen LogP contribution >= 0.6 is 0 Å². The minimum atomic E-state index is -0.0478. The summed E-state index contributed by atoms with van der Waals surface area (Å²) < 4.78 is 0.0988. The maximum atomic E-state index is 12.9. The van der Waals surface area contributed by atoms with E-state index in [1.807, 2.05) is 0 Å². The number of fused-ring (bicyclic) bond motifs is 3. The molecule has 0 radical (unpaired) electrons. The summed E-state index contributed by atoms with van der Waals surface area (Å²) in [6.07, 6.45) is 4.00. The van der Waals surface area contributed by atoms with Crippen molar-refractivity contribution in [1.82, 2.24) is 10.2 Å². The molecule has 4 aliphatic heterocycles. The number of likely N-dealkylation sites (tertiary alicyclic amines) is 1. The number of carbonyl (C=O) groups excluding carboxylic acids is 1. The molecule has 4 aliphatic rings. The van der Waals surface area contributed by atoms with Crippen molar-refractivity contribution in [3.05, 3.63) is 35.9 Å². The normalized spacial score (nSPS) is 37.0. The first-order chi connectivity index (χ1) is 12.5. The van der Waals surface area contributed by atoms with E-state index in [9.17, 15) is 10.0 Å². The van der Waals surface area contributed by atoms with Crippen LogP contribution in [0, 0.1) is 11.3 Å². The van der Waals surface area contributed by atoms with Gasteiger partial charge in [-0.1, -0.05) is 37.3 Å². The molecule has 0 aliphatic carbocycles. The molecule has 1 amide bonds. The van der Waals surface area contributed by atoms with E-state index in [4.69, 9.17) is 0 Å². The van der Waals surface area contributed by atoms with Crippen LogP contribution in [0.1, 0.15) is 31.7 Å². The van der Waals surface area contributed by atoms with Crippen LogP contribution in [-0.4, -0.2) is 66.0 Å². The number of benzene rings is 1. The number of carbonyl (C=O) groups is 1. The Labute approximate surface area is 156 Å². The first-order valence-electron chi connectivity index (χ1n) is 10.1. The lowest BCUT2D eigenvalue weighted by Crippen LogP contribution is -2.66. The SMILES string of the molecule is CC12CC[N+](O)(CC1)CC2C(=O)N[C@H]1CCN(CCc2ccccc2)C1. The van der Waals surface area contributed by atoms with Gasteiger partial charge in [0.2, 0.25) is 5.91 Å². The zero-order valence-electron chi connectivity index (χ0n) is 15.9. The molecule has 1 unspecified atom stereocenters. The summed E-state index contributed by atoms with van der Waals surface area (Å²) in [5, 5.41) is 13.9. The Hall–Kier alpha value is -1.43. The van der Waals surface area contributed by atoms with Gasteiger partial charge in [0.15, 0.2) is 0 Å². The van der Waals surface area contributed by atoms with Gasteiger partial charge in [0.05, 0.1) is 5.92 Å². The standard InChI is InChI=1S/C21H31N3O2/c1-21-9-13-24(26,14-10-21)16-19(21)20(25)22-18-8-12-23(15-18)11-7-17-5-3-2-4-6-17/h2-6,18-19,26H,7-16H2,1H3/p+1/t18-,19?,21?,24?/m0/s1. The number of nitrogens with zero attached hydrogens (tertiary/aromatic N) is 2. The highest BCUT2D eigenvalue weighted by Crippen LogP contribution is 2.46. The lowest BCUT2D eigenvalue weighted by Gasteiger charge is -2.52. The Balaban J connectivity index is 1.28. The van der Waals surface area contributed by atoms with Crippen molar-refractivity contribution in [2.75, 3.05) is 39.3 Å². The van der Waals surface area contributed by atoms with E-state index in [0.29, 0.717) is 6.54 Å². The van der Waals surface area contributed by atoms with E-state index in [1.54, 1.807) is 0 Å². The van der Waals surface area contributed by atoms with Crippen molar-refractivity contribution in [2.24, 2.45) is 11.3 Å². The molecule has 1 aromatic rings. The Kier molecular flexibility index (Phi) is 4.80. The largest absolute Gasteiger partial charge is 0.352 e. The van der Waals surface area contributed by atoms with Crippen LogP contribution in [0.25, 0.3) is 0 Å². The lowest BCUT2D eigenvalue weighted by atomic mass is 9.65. The van der Waals surface area contributed by atoms with Gasteiger partial charge in [-0.3, -0.25) is 4.79 Å². The Morgan fingerprint density at radius 1 is 1.31 bits per heavy atom.